The molecule has 1 saturated carbocycles. The Morgan fingerprint density at radius 3 is 2.33 bits per heavy atom. The summed E-state index contributed by atoms with van der Waals surface area (Å²) < 4.78 is 42.7. The van der Waals surface area contributed by atoms with Gasteiger partial charge in [0.25, 0.3) is 0 Å². The highest BCUT2D eigenvalue weighted by Crippen LogP contribution is 2.45. The first kappa shape index (κ1) is 28.1. The van der Waals surface area contributed by atoms with Crippen molar-refractivity contribution in [1.82, 2.24) is 19.6 Å². The number of hydrogen-bond acceptors (Lipinski definition) is 5. The third-order valence-electron chi connectivity index (χ3n) is 8.85. The fourth-order valence-electron chi connectivity index (χ4n) is 6.65. The number of likely N-dealkylation sites (tertiary alicyclic amines) is 2. The SMILES string of the molecule is CC(=O)Nc1ccn(C(=O)N2CCC3(CCN(Cc4cc(C(F)(F)F)cc(C5(C(=O)O)CCCC5)c4)C3)CC2)n1. The molecule has 3 aliphatic rings. The molecule has 2 saturated heterocycles. The van der Waals surface area contributed by atoms with Gasteiger partial charge in [0, 0.05) is 45.4 Å². The molecular formula is C28H34F3N5O4. The number of amides is 2. The van der Waals surface area contributed by atoms with Gasteiger partial charge in [-0.15, -0.1) is 5.10 Å². The summed E-state index contributed by atoms with van der Waals surface area (Å²) in [5, 5.41) is 16.6. The standard InChI is InChI=1S/C28H34F3N5O4/c1-19(37)32-23-4-10-36(33-23)25(40)35-12-8-26(9-13-35)7-11-34(18-26)17-20-14-21(16-22(15-20)28(29,30)31)27(24(38)39)5-2-3-6-27/h4,10,14-16H,2-3,5-9,11-13,17-18H2,1H3,(H,38,39)(H,32,33,37). The van der Waals surface area contributed by atoms with E-state index in [1.54, 1.807) is 17.0 Å². The highest BCUT2D eigenvalue weighted by molar-refractivity contribution is 5.88. The topological polar surface area (TPSA) is 108 Å². The fraction of sp³-hybridized carbons (Fsp3) is 0.571. The third kappa shape index (κ3) is 5.59. The van der Waals surface area contributed by atoms with Crippen LogP contribution in [0.15, 0.2) is 30.5 Å². The minimum atomic E-state index is -4.56. The maximum Gasteiger partial charge on any atom is 0.416 e. The molecule has 216 valence electrons. The van der Waals surface area contributed by atoms with E-state index in [0.717, 1.165) is 37.9 Å². The smallest absolute Gasteiger partial charge is 0.416 e. The molecule has 1 aromatic heterocycles. The van der Waals surface area contributed by atoms with Crippen LogP contribution >= 0.6 is 0 Å². The molecule has 0 bridgehead atoms. The normalized spacial score (nSPS) is 20.6. The van der Waals surface area contributed by atoms with Gasteiger partial charge < -0.3 is 15.3 Å². The molecule has 0 unspecified atom stereocenters. The predicted molar refractivity (Wildman–Crippen MR) is 140 cm³/mol. The van der Waals surface area contributed by atoms with Crippen LogP contribution in [0.1, 0.15) is 68.6 Å². The van der Waals surface area contributed by atoms with E-state index in [1.807, 2.05) is 0 Å². The monoisotopic (exact) mass is 561 g/mol. The van der Waals surface area contributed by atoms with Crippen LogP contribution < -0.4 is 5.32 Å². The van der Waals surface area contributed by atoms with Crippen molar-refractivity contribution >= 4 is 23.7 Å². The van der Waals surface area contributed by atoms with Crippen molar-refractivity contribution in [3.05, 3.63) is 47.2 Å². The molecule has 2 N–H and O–H groups in total. The molecule has 1 aromatic carbocycles. The van der Waals surface area contributed by atoms with Crippen molar-refractivity contribution in [1.29, 1.82) is 0 Å². The molecule has 2 aromatic rings. The Bertz CT molecular complexity index is 1290. The number of carboxylic acids is 1. The zero-order valence-corrected chi connectivity index (χ0v) is 22.5. The number of piperidine rings is 1. The van der Waals surface area contributed by atoms with Gasteiger partial charge in [-0.25, -0.2) is 4.79 Å². The molecular weight excluding hydrogens is 527 g/mol. The number of nitrogens with zero attached hydrogens (tertiary/aromatic N) is 4. The number of nitrogens with one attached hydrogen (secondary N) is 1. The lowest BCUT2D eigenvalue weighted by atomic mass is 9.77. The number of carboxylic acid groups (broad SMARTS) is 1. The molecule has 9 nitrogen and oxygen atoms in total. The van der Waals surface area contributed by atoms with Crippen molar-refractivity contribution < 1.29 is 32.7 Å². The molecule has 2 aliphatic heterocycles. The predicted octanol–water partition coefficient (Wildman–Crippen LogP) is 4.71. The van der Waals surface area contributed by atoms with Crippen LogP contribution in [0, 0.1) is 5.41 Å². The van der Waals surface area contributed by atoms with Gasteiger partial charge in [-0.3, -0.25) is 14.5 Å². The zero-order valence-electron chi connectivity index (χ0n) is 22.5. The summed E-state index contributed by atoms with van der Waals surface area (Å²) in [6.45, 7) is 4.19. The number of anilines is 1. The summed E-state index contributed by atoms with van der Waals surface area (Å²) in [7, 11) is 0. The van der Waals surface area contributed by atoms with Crippen LogP contribution in [0.3, 0.4) is 0 Å². The van der Waals surface area contributed by atoms with Gasteiger partial charge in [0.1, 0.15) is 0 Å². The highest BCUT2D eigenvalue weighted by Gasteiger charge is 2.45. The third-order valence-corrected chi connectivity index (χ3v) is 8.85. The summed E-state index contributed by atoms with van der Waals surface area (Å²) in [5.41, 5.74) is -1.35. The van der Waals surface area contributed by atoms with E-state index in [0.29, 0.717) is 63.2 Å². The summed E-state index contributed by atoms with van der Waals surface area (Å²) in [6.07, 6.45) is 1.43. The maximum absolute atomic E-state index is 13.8. The van der Waals surface area contributed by atoms with Crippen LogP contribution in [-0.2, 0) is 27.7 Å². The summed E-state index contributed by atoms with van der Waals surface area (Å²) in [5.74, 6) is -1.02. The van der Waals surface area contributed by atoms with Crippen LogP contribution in [0.4, 0.5) is 23.8 Å². The van der Waals surface area contributed by atoms with Gasteiger partial charge in [0.2, 0.25) is 5.91 Å². The molecule has 12 heteroatoms. The number of hydrogen-bond donors (Lipinski definition) is 2. The molecule has 3 fully saturated rings. The largest absolute Gasteiger partial charge is 0.481 e. The number of benzene rings is 1. The van der Waals surface area contributed by atoms with Crippen molar-refractivity contribution in [2.75, 3.05) is 31.5 Å². The van der Waals surface area contributed by atoms with E-state index in [-0.39, 0.29) is 22.9 Å². The first-order valence-electron chi connectivity index (χ1n) is 13.7. The Morgan fingerprint density at radius 1 is 1.02 bits per heavy atom. The lowest BCUT2D eigenvalue weighted by molar-refractivity contribution is -0.144. The van der Waals surface area contributed by atoms with Crippen LogP contribution in [0.25, 0.3) is 0 Å². The number of aromatic nitrogens is 2. The molecule has 2 amide bonds. The fourth-order valence-corrected chi connectivity index (χ4v) is 6.65. The van der Waals surface area contributed by atoms with E-state index in [2.05, 4.69) is 15.3 Å². The Morgan fingerprint density at radius 2 is 1.70 bits per heavy atom. The van der Waals surface area contributed by atoms with Crippen molar-refractivity contribution in [3.63, 3.8) is 0 Å². The number of halogens is 3. The van der Waals surface area contributed by atoms with Gasteiger partial charge in [-0.1, -0.05) is 18.9 Å². The number of alkyl halides is 3. The maximum atomic E-state index is 13.8. The van der Waals surface area contributed by atoms with E-state index >= 15 is 0 Å². The number of rotatable bonds is 5. The second kappa shape index (κ2) is 10.5. The summed E-state index contributed by atoms with van der Waals surface area (Å²) >= 11 is 0. The first-order chi connectivity index (χ1) is 18.9. The summed E-state index contributed by atoms with van der Waals surface area (Å²) in [6, 6.07) is 5.14. The molecule has 3 heterocycles. The lowest BCUT2D eigenvalue weighted by Crippen LogP contribution is -2.45. The number of carbonyl (C=O) groups is 3. The Hall–Kier alpha value is -3.41. The lowest BCUT2D eigenvalue weighted by Gasteiger charge is -2.39. The first-order valence-corrected chi connectivity index (χ1v) is 13.7. The Balaban J connectivity index is 1.25. The Labute approximate surface area is 230 Å². The average Bonchev–Trinajstić information content (AvgIpc) is 3.64. The molecule has 5 rings (SSSR count). The van der Waals surface area contributed by atoms with E-state index in [1.165, 1.54) is 17.8 Å². The Kier molecular flexibility index (Phi) is 7.41. The molecule has 1 spiro atoms. The summed E-state index contributed by atoms with van der Waals surface area (Å²) in [4.78, 5) is 40.2. The van der Waals surface area contributed by atoms with Crippen LogP contribution in [0.5, 0.6) is 0 Å². The van der Waals surface area contributed by atoms with Gasteiger partial charge in [-0.05, 0) is 67.3 Å². The van der Waals surface area contributed by atoms with Gasteiger partial charge in [0.05, 0.1) is 11.0 Å². The molecule has 40 heavy (non-hydrogen) atoms. The zero-order chi connectivity index (χ0) is 28.7. The quantitative estimate of drug-likeness (QED) is 0.548. The van der Waals surface area contributed by atoms with Crippen LogP contribution in [0.2, 0.25) is 0 Å². The van der Waals surface area contributed by atoms with Gasteiger partial charge in [-0.2, -0.15) is 17.9 Å². The van der Waals surface area contributed by atoms with Crippen molar-refractivity contribution in [2.45, 2.75) is 70.0 Å². The minimum absolute atomic E-state index is 0.0273. The number of aliphatic carboxylic acids is 1. The van der Waals surface area contributed by atoms with Gasteiger partial charge in [0.15, 0.2) is 5.82 Å². The second-order valence-corrected chi connectivity index (χ2v) is 11.6. The minimum Gasteiger partial charge on any atom is -0.481 e. The van der Waals surface area contributed by atoms with E-state index in [9.17, 15) is 32.7 Å². The van der Waals surface area contributed by atoms with Gasteiger partial charge >= 0.3 is 18.2 Å². The van der Waals surface area contributed by atoms with Crippen LogP contribution in [-0.4, -0.2) is 68.8 Å². The molecule has 1 aliphatic carbocycles. The van der Waals surface area contributed by atoms with Crippen molar-refractivity contribution in [3.8, 4) is 0 Å². The van der Waals surface area contributed by atoms with E-state index < -0.39 is 23.1 Å². The van der Waals surface area contributed by atoms with E-state index in [4.69, 9.17) is 0 Å². The molecule has 0 radical (unpaired) electrons. The number of carbonyl (C=O) groups excluding carboxylic acids is 2. The van der Waals surface area contributed by atoms with Crippen molar-refractivity contribution in [2.24, 2.45) is 5.41 Å². The average molecular weight is 562 g/mol. The second-order valence-electron chi connectivity index (χ2n) is 11.6. The highest BCUT2D eigenvalue weighted by atomic mass is 19.4. The molecule has 0 atom stereocenters.